The normalized spacial score (nSPS) is 10.5. The van der Waals surface area contributed by atoms with Gasteiger partial charge in [-0.15, -0.1) is 0 Å². The van der Waals surface area contributed by atoms with E-state index < -0.39 is 0 Å². The first-order valence-electron chi connectivity index (χ1n) is 8.76. The van der Waals surface area contributed by atoms with Crippen molar-refractivity contribution in [3.8, 4) is 11.4 Å². The fourth-order valence-corrected chi connectivity index (χ4v) is 2.63. The maximum absolute atomic E-state index is 12.0. The lowest BCUT2D eigenvalue weighted by Crippen LogP contribution is -2.21. The van der Waals surface area contributed by atoms with E-state index in [1.165, 1.54) is 0 Å². The Hall–Kier alpha value is -3.28. The molecule has 27 heavy (non-hydrogen) atoms. The van der Waals surface area contributed by atoms with Crippen molar-refractivity contribution in [1.82, 2.24) is 19.9 Å². The molecule has 6 heteroatoms. The fourth-order valence-electron chi connectivity index (χ4n) is 2.63. The van der Waals surface area contributed by atoms with Crippen LogP contribution >= 0.6 is 0 Å². The lowest BCUT2D eigenvalue weighted by Gasteiger charge is -2.13. The molecule has 0 fully saturated rings. The molecule has 2 heterocycles. The molecule has 6 nitrogen and oxygen atoms in total. The highest BCUT2D eigenvalue weighted by Crippen LogP contribution is 2.21. The number of amides is 1. The summed E-state index contributed by atoms with van der Waals surface area (Å²) in [4.78, 5) is 26.9. The van der Waals surface area contributed by atoms with E-state index in [2.05, 4.69) is 20.3 Å². The molecule has 3 rings (SSSR count). The lowest BCUT2D eigenvalue weighted by atomic mass is 10.1. The third kappa shape index (κ3) is 4.28. The largest absolute Gasteiger partial charge is 0.366 e. The standard InChI is InChI=1S/C21H23N5O/c1-14-15(2)24-20(18-6-5-11-22-13-18)25-19(14)23-12-16-7-9-17(10-8-16)21(27)26(3)4/h5-11,13H,12H2,1-4H3,(H,23,24,25). The molecule has 1 N–H and O–H groups in total. The average molecular weight is 361 g/mol. The van der Waals surface area contributed by atoms with Gasteiger partial charge in [0.05, 0.1) is 0 Å². The SMILES string of the molecule is Cc1nc(-c2cccnc2)nc(NCc2ccc(C(=O)N(C)C)cc2)c1C. The second kappa shape index (κ2) is 7.95. The molecular formula is C21H23N5O. The summed E-state index contributed by atoms with van der Waals surface area (Å²) in [5.74, 6) is 1.45. The molecule has 1 amide bonds. The summed E-state index contributed by atoms with van der Waals surface area (Å²) in [6, 6.07) is 11.4. The molecule has 0 aliphatic heterocycles. The number of pyridine rings is 1. The van der Waals surface area contributed by atoms with Crippen molar-refractivity contribution in [2.45, 2.75) is 20.4 Å². The summed E-state index contributed by atoms with van der Waals surface area (Å²) in [7, 11) is 3.50. The van der Waals surface area contributed by atoms with Crippen LogP contribution in [0.5, 0.6) is 0 Å². The van der Waals surface area contributed by atoms with Gasteiger partial charge in [-0.2, -0.15) is 0 Å². The summed E-state index contributed by atoms with van der Waals surface area (Å²) < 4.78 is 0. The Kier molecular flexibility index (Phi) is 5.45. The number of nitrogens with one attached hydrogen (secondary N) is 1. The summed E-state index contributed by atoms with van der Waals surface area (Å²) in [5.41, 5.74) is 4.58. The third-order valence-corrected chi connectivity index (χ3v) is 4.38. The van der Waals surface area contributed by atoms with Gasteiger partial charge in [-0.05, 0) is 43.7 Å². The summed E-state index contributed by atoms with van der Waals surface area (Å²) >= 11 is 0. The second-order valence-electron chi connectivity index (χ2n) is 6.60. The molecule has 138 valence electrons. The van der Waals surface area contributed by atoms with Crippen LogP contribution in [0.15, 0.2) is 48.8 Å². The van der Waals surface area contributed by atoms with Gasteiger partial charge in [-0.3, -0.25) is 9.78 Å². The fraction of sp³-hybridized carbons (Fsp3) is 0.238. The van der Waals surface area contributed by atoms with Crippen LogP contribution in [0.1, 0.15) is 27.2 Å². The van der Waals surface area contributed by atoms with E-state index in [1.807, 2.05) is 50.2 Å². The third-order valence-electron chi connectivity index (χ3n) is 4.38. The minimum absolute atomic E-state index is 0.00195. The smallest absolute Gasteiger partial charge is 0.253 e. The van der Waals surface area contributed by atoms with Gasteiger partial charge in [0, 0.05) is 55.4 Å². The number of hydrogen-bond acceptors (Lipinski definition) is 5. The van der Waals surface area contributed by atoms with E-state index in [-0.39, 0.29) is 5.91 Å². The van der Waals surface area contributed by atoms with Gasteiger partial charge in [-0.1, -0.05) is 12.1 Å². The van der Waals surface area contributed by atoms with Crippen molar-refractivity contribution in [2.24, 2.45) is 0 Å². The van der Waals surface area contributed by atoms with Crippen LogP contribution in [-0.4, -0.2) is 39.9 Å². The molecule has 0 spiro atoms. The Labute approximate surface area is 159 Å². The van der Waals surface area contributed by atoms with E-state index >= 15 is 0 Å². The van der Waals surface area contributed by atoms with Crippen LogP contribution in [0.2, 0.25) is 0 Å². The topological polar surface area (TPSA) is 71.0 Å². The molecule has 0 saturated heterocycles. The molecule has 0 saturated carbocycles. The van der Waals surface area contributed by atoms with Crippen molar-refractivity contribution >= 4 is 11.7 Å². The summed E-state index contributed by atoms with van der Waals surface area (Å²) in [6.45, 7) is 4.59. The second-order valence-corrected chi connectivity index (χ2v) is 6.60. The van der Waals surface area contributed by atoms with Crippen LogP contribution in [0.3, 0.4) is 0 Å². The Morgan fingerprint density at radius 2 is 1.81 bits per heavy atom. The number of hydrogen-bond donors (Lipinski definition) is 1. The first-order valence-corrected chi connectivity index (χ1v) is 8.76. The van der Waals surface area contributed by atoms with Crippen molar-refractivity contribution in [3.63, 3.8) is 0 Å². The first kappa shape index (κ1) is 18.5. The number of carbonyl (C=O) groups excluding carboxylic acids is 1. The van der Waals surface area contributed by atoms with E-state index in [9.17, 15) is 4.79 Å². The Morgan fingerprint density at radius 1 is 1.07 bits per heavy atom. The highest BCUT2D eigenvalue weighted by molar-refractivity contribution is 5.93. The van der Waals surface area contributed by atoms with E-state index in [0.717, 1.165) is 28.2 Å². The molecule has 0 aliphatic carbocycles. The number of nitrogens with zero attached hydrogens (tertiary/aromatic N) is 4. The minimum atomic E-state index is -0.00195. The van der Waals surface area contributed by atoms with Gasteiger partial charge < -0.3 is 10.2 Å². The van der Waals surface area contributed by atoms with E-state index in [0.29, 0.717) is 17.9 Å². The predicted molar refractivity (Wildman–Crippen MR) is 107 cm³/mol. The van der Waals surface area contributed by atoms with Gasteiger partial charge in [-0.25, -0.2) is 9.97 Å². The summed E-state index contributed by atoms with van der Waals surface area (Å²) in [5, 5.41) is 3.38. The molecule has 2 aromatic heterocycles. The zero-order chi connectivity index (χ0) is 19.4. The number of anilines is 1. The molecular weight excluding hydrogens is 338 g/mol. The zero-order valence-electron chi connectivity index (χ0n) is 16.0. The number of rotatable bonds is 5. The maximum Gasteiger partial charge on any atom is 0.253 e. The van der Waals surface area contributed by atoms with Crippen LogP contribution in [0.4, 0.5) is 5.82 Å². The zero-order valence-corrected chi connectivity index (χ0v) is 16.0. The lowest BCUT2D eigenvalue weighted by molar-refractivity contribution is 0.0827. The molecule has 1 aromatic carbocycles. The molecule has 0 aliphatic rings. The van der Waals surface area contributed by atoms with Crippen molar-refractivity contribution in [3.05, 3.63) is 71.2 Å². The van der Waals surface area contributed by atoms with E-state index in [4.69, 9.17) is 0 Å². The van der Waals surface area contributed by atoms with Gasteiger partial charge >= 0.3 is 0 Å². The van der Waals surface area contributed by atoms with Gasteiger partial charge in [0.15, 0.2) is 5.82 Å². The van der Waals surface area contributed by atoms with Crippen LogP contribution in [-0.2, 0) is 6.54 Å². The Balaban J connectivity index is 1.78. The van der Waals surface area contributed by atoms with Crippen LogP contribution < -0.4 is 5.32 Å². The monoisotopic (exact) mass is 361 g/mol. The summed E-state index contributed by atoms with van der Waals surface area (Å²) in [6.07, 6.45) is 3.49. The highest BCUT2D eigenvalue weighted by Gasteiger charge is 2.11. The molecule has 0 bridgehead atoms. The predicted octanol–water partition coefficient (Wildman–Crippen LogP) is 3.47. The minimum Gasteiger partial charge on any atom is -0.366 e. The van der Waals surface area contributed by atoms with Crippen molar-refractivity contribution in [1.29, 1.82) is 0 Å². The van der Waals surface area contributed by atoms with Crippen molar-refractivity contribution in [2.75, 3.05) is 19.4 Å². The average Bonchev–Trinajstić information content (AvgIpc) is 2.69. The number of benzene rings is 1. The van der Waals surface area contributed by atoms with Crippen LogP contribution in [0.25, 0.3) is 11.4 Å². The first-order chi connectivity index (χ1) is 13.0. The van der Waals surface area contributed by atoms with Crippen LogP contribution in [0, 0.1) is 13.8 Å². The number of aromatic nitrogens is 3. The molecule has 3 aromatic rings. The Morgan fingerprint density at radius 3 is 2.44 bits per heavy atom. The molecule has 0 unspecified atom stereocenters. The maximum atomic E-state index is 12.0. The highest BCUT2D eigenvalue weighted by atomic mass is 16.2. The van der Waals surface area contributed by atoms with Crippen molar-refractivity contribution < 1.29 is 4.79 Å². The van der Waals surface area contributed by atoms with Gasteiger partial charge in [0.2, 0.25) is 0 Å². The van der Waals surface area contributed by atoms with Gasteiger partial charge in [0.1, 0.15) is 5.82 Å². The number of carbonyl (C=O) groups is 1. The van der Waals surface area contributed by atoms with E-state index in [1.54, 1.807) is 31.4 Å². The molecule has 0 atom stereocenters. The molecule has 0 radical (unpaired) electrons. The Bertz CT molecular complexity index is 937. The quantitative estimate of drug-likeness (QED) is 0.753. The number of aryl methyl sites for hydroxylation is 1. The van der Waals surface area contributed by atoms with Gasteiger partial charge in [0.25, 0.3) is 5.91 Å².